The predicted octanol–water partition coefficient (Wildman–Crippen LogP) is 0.520. The maximum atomic E-state index is 12.2. The topological polar surface area (TPSA) is 78.7 Å². The summed E-state index contributed by atoms with van der Waals surface area (Å²) in [5, 5.41) is 2.67. The van der Waals surface area contributed by atoms with E-state index in [1.54, 1.807) is 0 Å². The zero-order valence-corrected chi connectivity index (χ0v) is 12.3. The smallest absolute Gasteiger partial charge is 0.324 e. The molecular formula is C14H26N4O2. The number of rotatable bonds is 5. The largest absolute Gasteiger partial charge is 0.336 e. The summed E-state index contributed by atoms with van der Waals surface area (Å²) in [6.07, 6.45) is 5.19. The van der Waals surface area contributed by atoms with E-state index in [9.17, 15) is 9.59 Å². The van der Waals surface area contributed by atoms with Crippen LogP contribution in [0.15, 0.2) is 0 Å². The van der Waals surface area contributed by atoms with Crippen LogP contribution in [0.3, 0.4) is 0 Å². The van der Waals surface area contributed by atoms with E-state index >= 15 is 0 Å². The SMILES string of the molecule is CCCN(CC(=O)N1CCNC1=O)C1CCC(N)CC1. The highest BCUT2D eigenvalue weighted by Gasteiger charge is 2.30. The van der Waals surface area contributed by atoms with Crippen molar-refractivity contribution in [3.63, 3.8) is 0 Å². The van der Waals surface area contributed by atoms with E-state index in [1.807, 2.05) is 0 Å². The van der Waals surface area contributed by atoms with Crippen LogP contribution in [0.25, 0.3) is 0 Å². The van der Waals surface area contributed by atoms with Crippen molar-refractivity contribution in [2.45, 2.75) is 51.1 Å². The summed E-state index contributed by atoms with van der Waals surface area (Å²) >= 11 is 0. The van der Waals surface area contributed by atoms with Crippen LogP contribution in [-0.4, -0.2) is 60.0 Å². The van der Waals surface area contributed by atoms with Crippen molar-refractivity contribution in [3.8, 4) is 0 Å². The third kappa shape index (κ3) is 3.70. The zero-order chi connectivity index (χ0) is 14.5. The van der Waals surface area contributed by atoms with Gasteiger partial charge in [-0.05, 0) is 38.6 Å². The standard InChI is InChI=1S/C14H26N4O2/c1-2-8-17(12-5-3-11(15)4-6-12)10-13(19)18-9-7-16-14(18)20/h11-12H,2-10,15H2,1H3,(H,16,20). The van der Waals surface area contributed by atoms with Gasteiger partial charge in [0.25, 0.3) is 0 Å². The number of nitrogens with two attached hydrogens (primary N) is 1. The van der Waals surface area contributed by atoms with Gasteiger partial charge in [-0.25, -0.2) is 4.79 Å². The summed E-state index contributed by atoms with van der Waals surface area (Å²) in [4.78, 5) is 27.3. The van der Waals surface area contributed by atoms with Crippen LogP contribution >= 0.6 is 0 Å². The molecule has 0 radical (unpaired) electrons. The average molecular weight is 282 g/mol. The second-order valence-corrected chi connectivity index (χ2v) is 5.82. The molecule has 0 aromatic heterocycles. The minimum atomic E-state index is -0.253. The Bertz CT molecular complexity index is 353. The highest BCUT2D eigenvalue weighted by Crippen LogP contribution is 2.22. The second kappa shape index (κ2) is 7.04. The fourth-order valence-electron chi connectivity index (χ4n) is 3.11. The number of nitrogens with zero attached hydrogens (tertiary/aromatic N) is 2. The molecule has 2 fully saturated rings. The molecule has 0 atom stereocenters. The summed E-state index contributed by atoms with van der Waals surface area (Å²) in [7, 11) is 0. The van der Waals surface area contributed by atoms with Crippen LogP contribution in [0.4, 0.5) is 4.79 Å². The van der Waals surface area contributed by atoms with E-state index in [0.717, 1.165) is 38.6 Å². The molecule has 20 heavy (non-hydrogen) atoms. The molecule has 1 heterocycles. The Labute approximate surface area is 120 Å². The van der Waals surface area contributed by atoms with Gasteiger partial charge < -0.3 is 11.1 Å². The molecule has 2 rings (SSSR count). The Morgan fingerprint density at radius 2 is 2.10 bits per heavy atom. The molecule has 0 bridgehead atoms. The average Bonchev–Trinajstić information content (AvgIpc) is 2.85. The van der Waals surface area contributed by atoms with E-state index in [2.05, 4.69) is 17.1 Å². The van der Waals surface area contributed by atoms with Gasteiger partial charge in [-0.1, -0.05) is 6.92 Å². The van der Waals surface area contributed by atoms with Crippen LogP contribution < -0.4 is 11.1 Å². The molecule has 1 aliphatic heterocycles. The van der Waals surface area contributed by atoms with Gasteiger partial charge in [0.05, 0.1) is 6.54 Å². The van der Waals surface area contributed by atoms with Crippen LogP contribution in [0.2, 0.25) is 0 Å². The highest BCUT2D eigenvalue weighted by molar-refractivity contribution is 5.96. The monoisotopic (exact) mass is 282 g/mol. The Morgan fingerprint density at radius 1 is 1.40 bits per heavy atom. The van der Waals surface area contributed by atoms with E-state index in [-0.39, 0.29) is 11.9 Å². The second-order valence-electron chi connectivity index (χ2n) is 5.82. The molecule has 0 aromatic rings. The van der Waals surface area contributed by atoms with Crippen molar-refractivity contribution in [3.05, 3.63) is 0 Å². The molecule has 3 amide bonds. The van der Waals surface area contributed by atoms with Gasteiger partial charge >= 0.3 is 6.03 Å². The molecular weight excluding hydrogens is 256 g/mol. The maximum absolute atomic E-state index is 12.2. The summed E-state index contributed by atoms with van der Waals surface area (Å²) < 4.78 is 0. The highest BCUT2D eigenvalue weighted by atomic mass is 16.2. The first kappa shape index (κ1) is 15.3. The summed E-state index contributed by atoms with van der Waals surface area (Å²) in [6, 6.07) is 0.497. The number of carbonyl (C=O) groups excluding carboxylic acids is 2. The molecule has 0 aromatic carbocycles. The van der Waals surface area contributed by atoms with Gasteiger partial charge in [0, 0.05) is 25.2 Å². The lowest BCUT2D eigenvalue weighted by Gasteiger charge is -2.36. The number of carbonyl (C=O) groups is 2. The molecule has 0 spiro atoms. The lowest BCUT2D eigenvalue weighted by molar-refractivity contribution is -0.129. The number of amides is 3. The maximum Gasteiger partial charge on any atom is 0.324 e. The first-order valence-corrected chi connectivity index (χ1v) is 7.69. The summed E-state index contributed by atoms with van der Waals surface area (Å²) in [6.45, 7) is 4.43. The predicted molar refractivity (Wildman–Crippen MR) is 77.2 cm³/mol. The van der Waals surface area contributed by atoms with Crippen molar-refractivity contribution in [2.24, 2.45) is 5.73 Å². The van der Waals surface area contributed by atoms with Crippen molar-refractivity contribution in [1.82, 2.24) is 15.1 Å². The normalized spacial score (nSPS) is 26.9. The molecule has 0 unspecified atom stereocenters. The minimum Gasteiger partial charge on any atom is -0.336 e. The lowest BCUT2D eigenvalue weighted by atomic mass is 9.90. The van der Waals surface area contributed by atoms with Crippen LogP contribution in [0, 0.1) is 0 Å². The molecule has 6 heteroatoms. The minimum absolute atomic E-state index is 0.0803. The molecule has 114 valence electrons. The molecule has 1 saturated heterocycles. The Balaban J connectivity index is 1.91. The number of urea groups is 1. The summed E-state index contributed by atoms with van der Waals surface area (Å²) in [5.74, 6) is -0.0803. The number of nitrogens with one attached hydrogen (secondary N) is 1. The molecule has 2 aliphatic rings. The lowest BCUT2D eigenvalue weighted by Crippen LogP contribution is -2.47. The number of hydrogen-bond acceptors (Lipinski definition) is 4. The quantitative estimate of drug-likeness (QED) is 0.770. The van der Waals surface area contributed by atoms with Gasteiger partial charge in [-0.15, -0.1) is 0 Å². The zero-order valence-electron chi connectivity index (χ0n) is 12.3. The van der Waals surface area contributed by atoms with Crippen molar-refractivity contribution in [1.29, 1.82) is 0 Å². The van der Waals surface area contributed by atoms with Gasteiger partial charge in [0.1, 0.15) is 0 Å². The van der Waals surface area contributed by atoms with Crippen LogP contribution in [0.5, 0.6) is 0 Å². The van der Waals surface area contributed by atoms with Gasteiger partial charge in [-0.3, -0.25) is 14.6 Å². The van der Waals surface area contributed by atoms with Gasteiger partial charge in [-0.2, -0.15) is 0 Å². The Morgan fingerprint density at radius 3 is 2.65 bits per heavy atom. The van der Waals surface area contributed by atoms with Crippen molar-refractivity contribution in [2.75, 3.05) is 26.2 Å². The van der Waals surface area contributed by atoms with E-state index in [1.165, 1.54) is 4.90 Å². The third-order valence-electron chi connectivity index (χ3n) is 4.26. The van der Waals surface area contributed by atoms with Crippen molar-refractivity contribution >= 4 is 11.9 Å². The molecule has 1 saturated carbocycles. The van der Waals surface area contributed by atoms with E-state index < -0.39 is 0 Å². The van der Waals surface area contributed by atoms with Crippen molar-refractivity contribution < 1.29 is 9.59 Å². The first-order valence-electron chi connectivity index (χ1n) is 7.69. The Hall–Kier alpha value is -1.14. The summed E-state index contributed by atoms with van der Waals surface area (Å²) in [5.41, 5.74) is 5.94. The number of hydrogen-bond donors (Lipinski definition) is 2. The van der Waals surface area contributed by atoms with Gasteiger partial charge in [0.15, 0.2) is 0 Å². The van der Waals surface area contributed by atoms with E-state index in [0.29, 0.717) is 31.7 Å². The third-order valence-corrected chi connectivity index (χ3v) is 4.26. The molecule has 1 aliphatic carbocycles. The van der Waals surface area contributed by atoms with Crippen LogP contribution in [0.1, 0.15) is 39.0 Å². The Kier molecular flexibility index (Phi) is 5.37. The van der Waals surface area contributed by atoms with Gasteiger partial charge in [0.2, 0.25) is 5.91 Å². The fourth-order valence-corrected chi connectivity index (χ4v) is 3.11. The number of imide groups is 1. The fraction of sp³-hybridized carbons (Fsp3) is 0.857. The molecule has 6 nitrogen and oxygen atoms in total. The molecule has 3 N–H and O–H groups in total. The van der Waals surface area contributed by atoms with Crippen LogP contribution in [-0.2, 0) is 4.79 Å². The van der Waals surface area contributed by atoms with E-state index in [4.69, 9.17) is 5.73 Å². The first-order chi connectivity index (χ1) is 9.61.